The van der Waals surface area contributed by atoms with Gasteiger partial charge in [-0.25, -0.2) is 4.79 Å². The maximum atomic E-state index is 12.1. The van der Waals surface area contributed by atoms with Crippen LogP contribution in [-0.2, 0) is 4.79 Å². The average molecular weight is 370 g/mol. The molecular weight excluding hydrogens is 344 g/mol. The molecule has 0 unspecified atom stereocenters. The topological polar surface area (TPSA) is 101 Å². The second kappa shape index (κ2) is 9.23. The summed E-state index contributed by atoms with van der Waals surface area (Å²) in [5.41, 5.74) is 7.02. The Balaban J connectivity index is 1.39. The van der Waals surface area contributed by atoms with Gasteiger partial charge in [-0.15, -0.1) is 0 Å². The van der Waals surface area contributed by atoms with Gasteiger partial charge in [0.05, 0.1) is 12.2 Å². The summed E-state index contributed by atoms with van der Waals surface area (Å²) in [6.45, 7) is 3.12. The number of primary amides is 1. The number of hydrogen-bond donors (Lipinski definition) is 3. The summed E-state index contributed by atoms with van der Waals surface area (Å²) in [6.07, 6.45) is 4.32. The maximum absolute atomic E-state index is 12.1. The molecule has 4 N–H and O–H groups in total. The molecule has 3 amide bonds. The molecule has 1 aliphatic heterocycles. The van der Waals surface area contributed by atoms with Crippen LogP contribution in [0.1, 0.15) is 19.3 Å². The fourth-order valence-corrected chi connectivity index (χ4v) is 3.36. The number of hydrogen-bond acceptors (Lipinski definition) is 4. The number of amides is 3. The molecule has 1 aromatic carbocycles. The minimum atomic E-state index is -0.236. The molecule has 2 heterocycles. The molecule has 3 rings (SSSR count). The monoisotopic (exact) mass is 370 g/mol. The molecule has 0 bridgehead atoms. The van der Waals surface area contributed by atoms with E-state index in [9.17, 15) is 9.59 Å². The van der Waals surface area contributed by atoms with E-state index in [1.54, 1.807) is 6.26 Å². The van der Waals surface area contributed by atoms with Crippen molar-refractivity contribution in [1.29, 1.82) is 0 Å². The van der Waals surface area contributed by atoms with E-state index < -0.39 is 0 Å². The van der Waals surface area contributed by atoms with Gasteiger partial charge in [0.15, 0.2) is 0 Å². The van der Waals surface area contributed by atoms with Crippen molar-refractivity contribution < 1.29 is 14.0 Å². The average Bonchev–Trinajstić information content (AvgIpc) is 3.20. The molecule has 7 heteroatoms. The van der Waals surface area contributed by atoms with E-state index in [2.05, 4.69) is 15.5 Å². The zero-order chi connectivity index (χ0) is 19.1. The first-order valence-electron chi connectivity index (χ1n) is 9.32. The number of carbonyl (C=O) groups excluding carboxylic acids is 2. The molecule has 0 aliphatic carbocycles. The number of urea groups is 1. The molecule has 144 valence electrons. The summed E-state index contributed by atoms with van der Waals surface area (Å²) in [5.74, 6) is 0.500. The van der Waals surface area contributed by atoms with Crippen LogP contribution in [0.5, 0.6) is 0 Å². The van der Waals surface area contributed by atoms with Crippen LogP contribution in [0.4, 0.5) is 10.5 Å². The summed E-state index contributed by atoms with van der Waals surface area (Å²) >= 11 is 0. The molecule has 27 heavy (non-hydrogen) atoms. The lowest BCUT2D eigenvalue weighted by atomic mass is 9.97. The normalized spacial score (nSPS) is 17.4. The van der Waals surface area contributed by atoms with Crippen molar-refractivity contribution in [1.82, 2.24) is 10.2 Å². The number of anilines is 1. The Hall–Kier alpha value is -2.80. The predicted octanol–water partition coefficient (Wildman–Crippen LogP) is 2.66. The smallest absolute Gasteiger partial charge is 0.319 e. The molecular formula is C20H26N4O3. The zero-order valence-corrected chi connectivity index (χ0v) is 15.3. The Labute approximate surface area is 158 Å². The number of benzene rings is 1. The standard InChI is InChI=1S/C20H26N4O3/c21-19(25)16-6-2-10-24(14-16)11-4-9-22-20(26)23-17-7-1-5-15(13-17)18-8-3-12-27-18/h1,3,5,7-8,12-13,16H,2,4,6,9-11,14H2,(H2,21,25)(H2,22,23,26)/t16-/m0/s1. The summed E-state index contributed by atoms with van der Waals surface area (Å²) in [6, 6.07) is 11.0. The van der Waals surface area contributed by atoms with Crippen LogP contribution in [0.15, 0.2) is 47.1 Å². The van der Waals surface area contributed by atoms with Crippen LogP contribution >= 0.6 is 0 Å². The van der Waals surface area contributed by atoms with Gasteiger partial charge in [-0.1, -0.05) is 12.1 Å². The van der Waals surface area contributed by atoms with Crippen molar-refractivity contribution in [3.05, 3.63) is 42.7 Å². The third-order valence-electron chi connectivity index (χ3n) is 4.77. The summed E-state index contributed by atoms with van der Waals surface area (Å²) in [5, 5.41) is 5.71. The quantitative estimate of drug-likeness (QED) is 0.652. The first-order chi connectivity index (χ1) is 13.1. The third kappa shape index (κ3) is 5.59. The van der Waals surface area contributed by atoms with E-state index >= 15 is 0 Å². The highest BCUT2D eigenvalue weighted by molar-refractivity contribution is 5.89. The molecule has 1 saturated heterocycles. The number of rotatable bonds is 7. The largest absolute Gasteiger partial charge is 0.464 e. The van der Waals surface area contributed by atoms with Gasteiger partial charge in [0.25, 0.3) is 0 Å². The Kier molecular flexibility index (Phi) is 6.49. The fraction of sp³-hybridized carbons (Fsp3) is 0.400. The predicted molar refractivity (Wildman–Crippen MR) is 104 cm³/mol. The van der Waals surface area contributed by atoms with Crippen molar-refractivity contribution in [2.75, 3.05) is 31.5 Å². The van der Waals surface area contributed by atoms with Gasteiger partial charge in [-0.3, -0.25) is 4.79 Å². The molecule has 0 saturated carbocycles. The number of likely N-dealkylation sites (tertiary alicyclic amines) is 1. The van der Waals surface area contributed by atoms with Crippen LogP contribution in [0, 0.1) is 5.92 Å². The molecule has 7 nitrogen and oxygen atoms in total. The summed E-state index contributed by atoms with van der Waals surface area (Å²) < 4.78 is 5.38. The molecule has 0 radical (unpaired) electrons. The van der Waals surface area contributed by atoms with E-state index in [4.69, 9.17) is 10.2 Å². The molecule has 0 spiro atoms. The highest BCUT2D eigenvalue weighted by Gasteiger charge is 2.23. The Morgan fingerprint density at radius 1 is 1.26 bits per heavy atom. The van der Waals surface area contributed by atoms with E-state index in [-0.39, 0.29) is 17.9 Å². The maximum Gasteiger partial charge on any atom is 0.319 e. The fourth-order valence-electron chi connectivity index (χ4n) is 3.36. The van der Waals surface area contributed by atoms with Crippen LogP contribution in [-0.4, -0.2) is 43.0 Å². The number of nitrogens with two attached hydrogens (primary N) is 1. The molecule has 1 aromatic heterocycles. The lowest BCUT2D eigenvalue weighted by molar-refractivity contribution is -0.123. The number of nitrogens with zero attached hydrogens (tertiary/aromatic N) is 1. The SMILES string of the molecule is NC(=O)[C@H]1CCCN(CCCNC(=O)Nc2cccc(-c3ccco3)c2)C1. The van der Waals surface area contributed by atoms with Crippen molar-refractivity contribution in [3.63, 3.8) is 0 Å². The van der Waals surface area contributed by atoms with Gasteiger partial charge in [-0.05, 0) is 56.6 Å². The van der Waals surface area contributed by atoms with Crippen LogP contribution in [0.2, 0.25) is 0 Å². The van der Waals surface area contributed by atoms with Crippen LogP contribution in [0.3, 0.4) is 0 Å². The van der Waals surface area contributed by atoms with Gasteiger partial charge >= 0.3 is 6.03 Å². The lowest BCUT2D eigenvalue weighted by Gasteiger charge is -2.31. The van der Waals surface area contributed by atoms with Gasteiger partial charge in [-0.2, -0.15) is 0 Å². The first-order valence-corrected chi connectivity index (χ1v) is 9.32. The summed E-state index contributed by atoms with van der Waals surface area (Å²) in [7, 11) is 0. The molecule has 1 aliphatic rings. The number of nitrogens with one attached hydrogen (secondary N) is 2. The van der Waals surface area contributed by atoms with Gasteiger partial charge in [0.2, 0.25) is 5.91 Å². The van der Waals surface area contributed by atoms with Crippen LogP contribution in [0.25, 0.3) is 11.3 Å². The van der Waals surface area contributed by atoms with Gasteiger partial charge in [0.1, 0.15) is 5.76 Å². The Morgan fingerprint density at radius 2 is 2.15 bits per heavy atom. The van der Waals surface area contributed by atoms with E-state index in [1.807, 2.05) is 36.4 Å². The number of furan rings is 1. The van der Waals surface area contributed by atoms with Crippen molar-refractivity contribution in [3.8, 4) is 11.3 Å². The van der Waals surface area contributed by atoms with Crippen LogP contribution < -0.4 is 16.4 Å². The van der Waals surface area contributed by atoms with Crippen molar-refractivity contribution in [2.45, 2.75) is 19.3 Å². The highest BCUT2D eigenvalue weighted by atomic mass is 16.3. The summed E-state index contributed by atoms with van der Waals surface area (Å²) in [4.78, 5) is 25.6. The van der Waals surface area contributed by atoms with E-state index in [1.165, 1.54) is 0 Å². The number of piperidine rings is 1. The minimum absolute atomic E-state index is 0.0450. The van der Waals surface area contributed by atoms with Crippen molar-refractivity contribution in [2.24, 2.45) is 11.7 Å². The molecule has 1 atom stereocenters. The second-order valence-corrected chi connectivity index (χ2v) is 6.83. The minimum Gasteiger partial charge on any atom is -0.464 e. The van der Waals surface area contributed by atoms with Gasteiger partial charge in [0, 0.05) is 24.3 Å². The number of carbonyl (C=O) groups is 2. The van der Waals surface area contributed by atoms with Gasteiger partial charge < -0.3 is 25.7 Å². The zero-order valence-electron chi connectivity index (χ0n) is 15.3. The van der Waals surface area contributed by atoms with E-state index in [0.717, 1.165) is 50.2 Å². The lowest BCUT2D eigenvalue weighted by Crippen LogP contribution is -2.42. The Morgan fingerprint density at radius 3 is 2.93 bits per heavy atom. The molecule has 1 fully saturated rings. The van der Waals surface area contributed by atoms with E-state index in [0.29, 0.717) is 12.2 Å². The second-order valence-electron chi connectivity index (χ2n) is 6.83. The highest BCUT2D eigenvalue weighted by Crippen LogP contribution is 2.22. The van der Waals surface area contributed by atoms with Crippen molar-refractivity contribution >= 4 is 17.6 Å². The first kappa shape index (κ1) is 19.0. The Bertz CT molecular complexity index is 760. The third-order valence-corrected chi connectivity index (χ3v) is 4.77. The molecule has 2 aromatic rings.